The molecule has 0 radical (unpaired) electrons. The van der Waals surface area contributed by atoms with Gasteiger partial charge >= 0.3 is 0 Å². The Hall–Kier alpha value is -2.94. The number of hydrogen-bond donors (Lipinski definition) is 2. The molecule has 6 heteroatoms. The molecule has 2 aromatic heterocycles. The van der Waals surface area contributed by atoms with Crippen LogP contribution in [0.1, 0.15) is 11.3 Å². The second kappa shape index (κ2) is 4.31. The number of benzene rings is 1. The van der Waals surface area contributed by atoms with E-state index in [1.54, 1.807) is 12.1 Å². The van der Waals surface area contributed by atoms with Crippen LogP contribution in [0.3, 0.4) is 0 Å². The second-order valence-corrected chi connectivity index (χ2v) is 4.41. The maximum atomic E-state index is 13.1. The van der Waals surface area contributed by atoms with E-state index in [1.807, 2.05) is 6.92 Å². The lowest BCUT2D eigenvalue weighted by atomic mass is 9.97. The van der Waals surface area contributed by atoms with Gasteiger partial charge in [0.15, 0.2) is 5.65 Å². The number of pyridine rings is 1. The summed E-state index contributed by atoms with van der Waals surface area (Å²) in [5, 5.41) is 16.9. The predicted octanol–water partition coefficient (Wildman–Crippen LogP) is 2.53. The third-order valence-corrected chi connectivity index (χ3v) is 3.16. The third kappa shape index (κ3) is 1.68. The number of hydrogen-bond acceptors (Lipinski definition) is 4. The van der Waals surface area contributed by atoms with Gasteiger partial charge in [-0.1, -0.05) is 12.1 Å². The van der Waals surface area contributed by atoms with Crippen LogP contribution in [0.2, 0.25) is 0 Å². The summed E-state index contributed by atoms with van der Waals surface area (Å²) in [5.41, 5.74) is 8.64. The molecule has 0 saturated heterocycles. The Morgan fingerprint density at radius 1 is 1.30 bits per heavy atom. The predicted molar refractivity (Wildman–Crippen MR) is 73.1 cm³/mol. The number of anilines is 1. The number of H-pyrrole nitrogens is 1. The summed E-state index contributed by atoms with van der Waals surface area (Å²) < 4.78 is 13.1. The first kappa shape index (κ1) is 12.1. The average Bonchev–Trinajstić information content (AvgIpc) is 2.79. The molecule has 1 aromatic carbocycles. The van der Waals surface area contributed by atoms with Crippen molar-refractivity contribution in [3.05, 3.63) is 41.3 Å². The summed E-state index contributed by atoms with van der Waals surface area (Å²) in [6.45, 7) is 1.83. The Labute approximate surface area is 113 Å². The first-order valence-corrected chi connectivity index (χ1v) is 5.92. The summed E-state index contributed by atoms with van der Waals surface area (Å²) in [4.78, 5) is 4.11. The van der Waals surface area contributed by atoms with E-state index in [4.69, 9.17) is 5.73 Å². The fraction of sp³-hybridized carbons (Fsp3) is 0.0714. The van der Waals surface area contributed by atoms with Gasteiger partial charge in [0.05, 0.1) is 5.39 Å². The highest BCUT2D eigenvalue weighted by molar-refractivity contribution is 5.99. The normalized spacial score (nSPS) is 10.7. The summed E-state index contributed by atoms with van der Waals surface area (Å²) >= 11 is 0. The van der Waals surface area contributed by atoms with Crippen LogP contribution < -0.4 is 5.73 Å². The topological polar surface area (TPSA) is 91.4 Å². The van der Waals surface area contributed by atoms with Gasteiger partial charge in [-0.3, -0.25) is 5.10 Å². The van der Waals surface area contributed by atoms with Crippen molar-refractivity contribution in [1.29, 1.82) is 5.26 Å². The molecule has 0 unspecified atom stereocenters. The molecule has 2 heterocycles. The molecule has 0 aliphatic rings. The van der Waals surface area contributed by atoms with Crippen molar-refractivity contribution in [3.8, 4) is 17.2 Å². The maximum absolute atomic E-state index is 13.1. The van der Waals surface area contributed by atoms with Crippen LogP contribution in [-0.4, -0.2) is 15.2 Å². The Morgan fingerprint density at radius 2 is 2.00 bits per heavy atom. The molecule has 0 spiro atoms. The molecule has 0 aliphatic heterocycles. The number of aromatic amines is 1. The van der Waals surface area contributed by atoms with Gasteiger partial charge in [-0.05, 0) is 24.6 Å². The highest BCUT2D eigenvalue weighted by atomic mass is 19.1. The van der Waals surface area contributed by atoms with E-state index in [9.17, 15) is 9.65 Å². The number of nitrogens with one attached hydrogen (secondary N) is 1. The molecule has 0 aliphatic carbocycles. The minimum absolute atomic E-state index is 0.117. The number of aromatic nitrogens is 3. The van der Waals surface area contributed by atoms with E-state index < -0.39 is 0 Å². The van der Waals surface area contributed by atoms with E-state index in [1.165, 1.54) is 12.1 Å². The average molecular weight is 267 g/mol. The Balaban J connectivity index is 2.46. The van der Waals surface area contributed by atoms with Gasteiger partial charge in [0.2, 0.25) is 0 Å². The van der Waals surface area contributed by atoms with Crippen LogP contribution >= 0.6 is 0 Å². The van der Waals surface area contributed by atoms with E-state index in [0.29, 0.717) is 16.8 Å². The molecular weight excluding hydrogens is 257 g/mol. The largest absolute Gasteiger partial charge is 0.383 e. The second-order valence-electron chi connectivity index (χ2n) is 4.41. The zero-order valence-corrected chi connectivity index (χ0v) is 10.6. The Morgan fingerprint density at radius 3 is 2.65 bits per heavy atom. The monoisotopic (exact) mass is 267 g/mol. The highest BCUT2D eigenvalue weighted by Gasteiger charge is 2.18. The van der Waals surface area contributed by atoms with Crippen molar-refractivity contribution in [2.24, 2.45) is 0 Å². The molecule has 3 N–H and O–H groups in total. The van der Waals surface area contributed by atoms with Crippen molar-refractivity contribution in [1.82, 2.24) is 15.2 Å². The molecule has 98 valence electrons. The number of nitrogens with zero attached hydrogens (tertiary/aromatic N) is 3. The number of rotatable bonds is 1. The molecule has 3 rings (SSSR count). The van der Waals surface area contributed by atoms with Crippen molar-refractivity contribution in [2.75, 3.05) is 5.73 Å². The number of halogens is 1. The van der Waals surface area contributed by atoms with E-state index >= 15 is 0 Å². The Bertz CT molecular complexity index is 843. The number of nitriles is 1. The van der Waals surface area contributed by atoms with Crippen LogP contribution in [0.25, 0.3) is 22.2 Å². The molecule has 0 atom stereocenters. The van der Waals surface area contributed by atoms with Gasteiger partial charge < -0.3 is 5.73 Å². The SMILES string of the molecule is Cc1[nH]nc2nc(N)c(C#N)c(-c3ccc(F)cc3)c12. The van der Waals surface area contributed by atoms with Crippen LogP contribution in [0.5, 0.6) is 0 Å². The van der Waals surface area contributed by atoms with Gasteiger partial charge in [0.1, 0.15) is 23.3 Å². The molecule has 0 bridgehead atoms. The minimum Gasteiger partial charge on any atom is -0.383 e. The summed E-state index contributed by atoms with van der Waals surface area (Å²) in [6, 6.07) is 7.96. The van der Waals surface area contributed by atoms with Crippen molar-refractivity contribution >= 4 is 16.9 Å². The minimum atomic E-state index is -0.338. The molecule has 0 amide bonds. The van der Waals surface area contributed by atoms with Crippen LogP contribution in [0.4, 0.5) is 10.2 Å². The molecule has 0 fully saturated rings. The van der Waals surface area contributed by atoms with Crippen molar-refractivity contribution in [3.63, 3.8) is 0 Å². The van der Waals surface area contributed by atoms with Crippen molar-refractivity contribution < 1.29 is 4.39 Å². The van der Waals surface area contributed by atoms with Gasteiger partial charge in [-0.15, -0.1) is 0 Å². The molecule has 20 heavy (non-hydrogen) atoms. The summed E-state index contributed by atoms with van der Waals surface area (Å²) in [6.07, 6.45) is 0. The third-order valence-electron chi connectivity index (χ3n) is 3.16. The lowest BCUT2D eigenvalue weighted by Crippen LogP contribution is -1.99. The van der Waals surface area contributed by atoms with Gasteiger partial charge in [0.25, 0.3) is 0 Å². The van der Waals surface area contributed by atoms with Crippen molar-refractivity contribution in [2.45, 2.75) is 6.92 Å². The number of aryl methyl sites for hydroxylation is 1. The van der Waals surface area contributed by atoms with Gasteiger partial charge in [-0.25, -0.2) is 9.37 Å². The first-order valence-electron chi connectivity index (χ1n) is 5.92. The fourth-order valence-corrected chi connectivity index (χ4v) is 2.24. The van der Waals surface area contributed by atoms with E-state index in [2.05, 4.69) is 21.3 Å². The lowest BCUT2D eigenvalue weighted by molar-refractivity contribution is 0.628. The van der Waals surface area contributed by atoms with Crippen LogP contribution in [0.15, 0.2) is 24.3 Å². The standard InChI is InChI=1S/C14H10FN5/c1-7-11-12(8-2-4-9(15)5-3-8)10(6-16)13(17)18-14(11)20-19-7/h2-5H,1H3,(H3,17,18,19,20). The molecule has 0 saturated carbocycles. The van der Waals surface area contributed by atoms with Crippen LogP contribution in [-0.2, 0) is 0 Å². The number of fused-ring (bicyclic) bond motifs is 1. The zero-order chi connectivity index (χ0) is 14.3. The van der Waals surface area contributed by atoms with E-state index in [0.717, 1.165) is 11.1 Å². The maximum Gasteiger partial charge on any atom is 0.183 e. The lowest BCUT2D eigenvalue weighted by Gasteiger charge is -2.08. The first-order chi connectivity index (χ1) is 9.61. The molecule has 5 nitrogen and oxygen atoms in total. The molecule has 3 aromatic rings. The van der Waals surface area contributed by atoms with Crippen LogP contribution in [0, 0.1) is 24.1 Å². The quantitative estimate of drug-likeness (QED) is 0.708. The molecular formula is C14H10FN5. The Kier molecular flexibility index (Phi) is 2.61. The zero-order valence-electron chi connectivity index (χ0n) is 10.6. The fourth-order valence-electron chi connectivity index (χ4n) is 2.24. The smallest absolute Gasteiger partial charge is 0.183 e. The summed E-state index contributed by atoms with van der Waals surface area (Å²) in [5.74, 6) is -0.222. The van der Waals surface area contributed by atoms with E-state index in [-0.39, 0.29) is 17.2 Å². The summed E-state index contributed by atoms with van der Waals surface area (Å²) in [7, 11) is 0. The number of nitrogen functional groups attached to an aromatic ring is 1. The van der Waals surface area contributed by atoms with Gasteiger partial charge in [-0.2, -0.15) is 10.4 Å². The highest BCUT2D eigenvalue weighted by Crippen LogP contribution is 2.34. The van der Waals surface area contributed by atoms with Gasteiger partial charge in [0, 0.05) is 11.3 Å². The number of nitrogens with two attached hydrogens (primary N) is 1.